The van der Waals surface area contributed by atoms with Gasteiger partial charge in [-0.2, -0.15) is 0 Å². The summed E-state index contributed by atoms with van der Waals surface area (Å²) in [6.45, 7) is 21.9. The van der Waals surface area contributed by atoms with Gasteiger partial charge in [0.05, 0.1) is 0 Å². The molecule has 5 heteroatoms. The van der Waals surface area contributed by atoms with Crippen molar-refractivity contribution in [2.24, 2.45) is 0 Å². The van der Waals surface area contributed by atoms with Gasteiger partial charge in [0.25, 0.3) is 0 Å². The molecule has 0 fully saturated rings. The first-order chi connectivity index (χ1) is 33.5. The lowest BCUT2D eigenvalue weighted by Crippen LogP contribution is -2.41. The highest BCUT2D eigenvalue weighted by Crippen LogP contribution is 2.53. The molecule has 0 saturated carbocycles. The van der Waals surface area contributed by atoms with Crippen LogP contribution in [0.25, 0.3) is 62.6 Å². The number of benzene rings is 8. The van der Waals surface area contributed by atoms with E-state index in [1.807, 2.05) is 22.7 Å². The Morgan fingerprint density at radius 3 is 1.80 bits per heavy atom. The van der Waals surface area contributed by atoms with Crippen LogP contribution in [0.3, 0.4) is 0 Å². The summed E-state index contributed by atoms with van der Waals surface area (Å²) in [6.07, 6.45) is 4.72. The number of hydrogen-bond acceptors (Lipinski definition) is 4. The van der Waals surface area contributed by atoms with Crippen molar-refractivity contribution in [1.29, 1.82) is 0 Å². The quantitative estimate of drug-likeness (QED) is 0.173. The Bertz CT molecular complexity index is 3810. The Kier molecular flexibility index (Phi) is 9.67. The van der Waals surface area contributed by atoms with Crippen molar-refractivity contribution in [3.05, 3.63) is 173 Å². The van der Waals surface area contributed by atoms with Crippen LogP contribution in [0.2, 0.25) is 0 Å². The molecule has 0 amide bonds. The molecule has 0 bridgehead atoms. The molecule has 0 spiro atoms. The Morgan fingerprint density at radius 1 is 0.471 bits per heavy atom. The van der Waals surface area contributed by atoms with E-state index in [1.54, 1.807) is 0 Å². The lowest BCUT2D eigenvalue weighted by atomic mass is 9.57. The zero-order valence-corrected chi connectivity index (χ0v) is 43.7. The molecule has 8 aromatic carbocycles. The minimum atomic E-state index is 0.0542. The van der Waals surface area contributed by atoms with Crippen molar-refractivity contribution in [2.75, 3.05) is 10.2 Å². The fraction of sp³-hybridized carbons (Fsp3) is 0.262. The number of anilines is 5. The average molecular weight is 944 g/mol. The first kappa shape index (κ1) is 43.9. The van der Waals surface area contributed by atoms with Gasteiger partial charge in [0.2, 0.25) is 0 Å². The molecule has 345 valence electrons. The molecule has 3 aliphatic rings. The van der Waals surface area contributed by atoms with Crippen molar-refractivity contribution in [2.45, 2.75) is 110 Å². The first-order valence-electron chi connectivity index (χ1n) is 25.4. The third-order valence-electron chi connectivity index (χ3n) is 16.9. The standard InChI is InChI=1S/C65H60BN2S2/c1-38-31-48-50(65(8,9)30-29-63(48,4)5)37-54(38)68-53-26-23-40(39-17-11-10-12-18-39)32-51(53)66-60-55(68)35-45-43-20-14-16-22-57(43)70-61(45)59(60)46-36-58-44(42-19-13-15-21-56(42)69-58)34-52(46)67-41-24-25-47-49(33-41)64(6,7)28-27-62(47,2)3/h10-26,31-37,67H,27-30H2,1-9H3. The van der Waals surface area contributed by atoms with E-state index in [0.717, 1.165) is 17.8 Å². The highest BCUT2D eigenvalue weighted by molar-refractivity contribution is 7.27. The number of thiophene rings is 2. The van der Waals surface area contributed by atoms with E-state index in [-0.39, 0.29) is 21.7 Å². The minimum Gasteiger partial charge on any atom is -0.355 e. The van der Waals surface area contributed by atoms with Crippen LogP contribution in [0.5, 0.6) is 0 Å². The van der Waals surface area contributed by atoms with E-state index < -0.39 is 0 Å². The molecule has 13 rings (SSSR count). The molecule has 2 nitrogen and oxygen atoms in total. The van der Waals surface area contributed by atoms with Crippen molar-refractivity contribution in [3.8, 4) is 22.3 Å². The number of aryl methyl sites for hydroxylation is 1. The van der Waals surface area contributed by atoms with Gasteiger partial charge < -0.3 is 10.2 Å². The number of nitrogens with zero attached hydrogens (tertiary/aromatic N) is 1. The number of nitrogens with one attached hydrogen (secondary N) is 1. The summed E-state index contributed by atoms with van der Waals surface area (Å²) in [5.41, 5.74) is 21.0. The van der Waals surface area contributed by atoms with Gasteiger partial charge in [-0.15, -0.1) is 22.7 Å². The lowest BCUT2D eigenvalue weighted by molar-refractivity contribution is 0.332. The molecule has 1 radical (unpaired) electrons. The molecule has 10 aromatic rings. The van der Waals surface area contributed by atoms with Crippen LogP contribution in [0.15, 0.2) is 146 Å². The molecular formula is C65H60BN2S2. The van der Waals surface area contributed by atoms with E-state index in [9.17, 15) is 0 Å². The third kappa shape index (κ3) is 6.78. The van der Waals surface area contributed by atoms with Gasteiger partial charge in [-0.25, -0.2) is 0 Å². The lowest BCUT2D eigenvalue weighted by Gasteiger charge is -2.44. The SMILES string of the molecule is Cc1cc2c(cc1N1c3ccc(-c4ccccc4)cc3[B]c3c1cc1c(sc4ccccc41)c3-c1cc3sc4ccccc4c3cc1Nc1ccc3c(c1)C(C)(C)CCC3(C)C)C(C)(C)CCC2(C)C. The van der Waals surface area contributed by atoms with E-state index in [4.69, 9.17) is 0 Å². The maximum absolute atomic E-state index is 4.17. The fourth-order valence-electron chi connectivity index (χ4n) is 12.5. The summed E-state index contributed by atoms with van der Waals surface area (Å²) >= 11 is 3.84. The fourth-order valence-corrected chi connectivity index (χ4v) is 14.9. The summed E-state index contributed by atoms with van der Waals surface area (Å²) in [7, 11) is 2.52. The van der Waals surface area contributed by atoms with E-state index >= 15 is 0 Å². The van der Waals surface area contributed by atoms with Crippen molar-refractivity contribution in [3.63, 3.8) is 0 Å². The topological polar surface area (TPSA) is 15.3 Å². The van der Waals surface area contributed by atoms with Crippen molar-refractivity contribution in [1.82, 2.24) is 0 Å². The Balaban J connectivity index is 1.12. The molecule has 0 unspecified atom stereocenters. The monoisotopic (exact) mass is 943 g/mol. The summed E-state index contributed by atoms with van der Waals surface area (Å²) in [5.74, 6) is 0. The van der Waals surface area contributed by atoms with Crippen LogP contribution in [-0.4, -0.2) is 7.28 Å². The summed E-state index contributed by atoms with van der Waals surface area (Å²) in [6, 6.07) is 55.9. The van der Waals surface area contributed by atoms with Crippen molar-refractivity contribution < 1.29 is 0 Å². The Labute approximate surface area is 422 Å². The van der Waals surface area contributed by atoms with Gasteiger partial charge >= 0.3 is 0 Å². The number of fused-ring (bicyclic) bond motifs is 10. The largest absolute Gasteiger partial charge is 0.355 e. The molecule has 1 aliphatic heterocycles. The molecule has 3 heterocycles. The van der Waals surface area contributed by atoms with Gasteiger partial charge in [0.1, 0.15) is 0 Å². The van der Waals surface area contributed by atoms with Crippen LogP contribution in [0, 0.1) is 6.92 Å². The highest BCUT2D eigenvalue weighted by Gasteiger charge is 2.40. The molecule has 70 heavy (non-hydrogen) atoms. The number of rotatable bonds is 5. The molecule has 0 atom stereocenters. The predicted molar refractivity (Wildman–Crippen MR) is 308 cm³/mol. The normalized spacial score (nSPS) is 17.2. The molecular weight excluding hydrogens is 884 g/mol. The second-order valence-corrected chi connectivity index (χ2v) is 25.5. The predicted octanol–water partition coefficient (Wildman–Crippen LogP) is 17.9. The summed E-state index contributed by atoms with van der Waals surface area (Å²) in [5, 5.41) is 9.38. The maximum Gasteiger partial charge on any atom is 0.197 e. The van der Waals surface area contributed by atoms with E-state index in [2.05, 4.69) is 225 Å². The average Bonchev–Trinajstić information content (AvgIpc) is 3.90. The molecule has 0 saturated heterocycles. The zero-order valence-electron chi connectivity index (χ0n) is 42.0. The van der Waals surface area contributed by atoms with Crippen LogP contribution < -0.4 is 21.1 Å². The van der Waals surface area contributed by atoms with E-state index in [0.29, 0.717) is 0 Å². The minimum absolute atomic E-state index is 0.0542. The summed E-state index contributed by atoms with van der Waals surface area (Å²) < 4.78 is 5.24. The second kappa shape index (κ2) is 15.4. The smallest absolute Gasteiger partial charge is 0.197 e. The zero-order chi connectivity index (χ0) is 48.1. The molecule has 2 aliphatic carbocycles. The van der Waals surface area contributed by atoms with Crippen LogP contribution in [0.1, 0.15) is 109 Å². The van der Waals surface area contributed by atoms with Crippen LogP contribution in [0.4, 0.5) is 28.4 Å². The second-order valence-electron chi connectivity index (χ2n) is 23.4. The summed E-state index contributed by atoms with van der Waals surface area (Å²) in [4.78, 5) is 2.64. The number of hydrogen-bond donors (Lipinski definition) is 1. The maximum atomic E-state index is 4.17. The van der Waals surface area contributed by atoms with Gasteiger partial charge in [-0.1, -0.05) is 152 Å². The van der Waals surface area contributed by atoms with Crippen molar-refractivity contribution >= 4 is 110 Å². The molecule has 2 aromatic heterocycles. The van der Waals surface area contributed by atoms with E-state index in [1.165, 1.54) is 138 Å². The Morgan fingerprint density at radius 2 is 1.09 bits per heavy atom. The van der Waals surface area contributed by atoms with Crippen LogP contribution in [-0.2, 0) is 21.7 Å². The third-order valence-corrected chi connectivity index (χ3v) is 19.3. The van der Waals surface area contributed by atoms with Gasteiger partial charge in [-0.3, -0.25) is 0 Å². The Hall–Kier alpha value is -6.14. The first-order valence-corrected chi connectivity index (χ1v) is 27.0. The van der Waals surface area contributed by atoms with Gasteiger partial charge in [-0.05, 0) is 159 Å². The highest BCUT2D eigenvalue weighted by atomic mass is 32.1. The molecule has 1 N–H and O–H groups in total. The van der Waals surface area contributed by atoms with Crippen LogP contribution >= 0.6 is 22.7 Å². The van der Waals surface area contributed by atoms with Gasteiger partial charge in [0.15, 0.2) is 7.28 Å². The van der Waals surface area contributed by atoms with Gasteiger partial charge in [0, 0.05) is 74.3 Å².